The first-order valence-electron chi connectivity index (χ1n) is 3.11. The van der Waals surface area contributed by atoms with Crippen molar-refractivity contribution in [2.75, 3.05) is 0 Å². The molecule has 46 valence electrons. The summed E-state index contributed by atoms with van der Waals surface area (Å²) in [5.41, 5.74) is 1.26. The minimum Gasteiger partial charge on any atom is -0.0871 e. The number of allylic oxidation sites excluding steroid dienone is 1. The Morgan fingerprint density at radius 2 is 1.78 bits per heavy atom. The van der Waals surface area contributed by atoms with Crippen molar-refractivity contribution in [3.63, 3.8) is 0 Å². The van der Waals surface area contributed by atoms with E-state index < -0.39 is 0 Å². The van der Waals surface area contributed by atoms with Gasteiger partial charge in [0.15, 0.2) is 0 Å². The number of hydrogen-bond acceptors (Lipinski definition) is 0. The van der Waals surface area contributed by atoms with Gasteiger partial charge < -0.3 is 0 Å². The SMILES string of the molecule is C/C=C\c1ccccc1. The standard InChI is InChI=1S/C9H10/c1-2-6-9-7-4-3-5-8-9/h2-8H,1H3/b6-2-. The Morgan fingerprint density at radius 3 is 2.33 bits per heavy atom. The summed E-state index contributed by atoms with van der Waals surface area (Å²) < 4.78 is 0. The third kappa shape index (κ3) is 1.73. The van der Waals surface area contributed by atoms with Crippen molar-refractivity contribution in [1.82, 2.24) is 0 Å². The van der Waals surface area contributed by atoms with Crippen LogP contribution in [0.3, 0.4) is 0 Å². The fraction of sp³-hybridized carbons (Fsp3) is 0.111. The summed E-state index contributed by atoms with van der Waals surface area (Å²) in [7, 11) is 0. The van der Waals surface area contributed by atoms with E-state index >= 15 is 0 Å². The molecule has 0 fully saturated rings. The smallest absolute Gasteiger partial charge is 0.0260 e. The van der Waals surface area contributed by atoms with Crippen molar-refractivity contribution in [3.05, 3.63) is 42.0 Å². The van der Waals surface area contributed by atoms with Gasteiger partial charge in [-0.1, -0.05) is 42.5 Å². The van der Waals surface area contributed by atoms with Crippen LogP contribution in [0.5, 0.6) is 0 Å². The first-order valence-corrected chi connectivity index (χ1v) is 3.11. The van der Waals surface area contributed by atoms with E-state index in [0.29, 0.717) is 0 Å². The van der Waals surface area contributed by atoms with Crippen LogP contribution in [0.2, 0.25) is 0 Å². The molecule has 0 bridgehead atoms. The van der Waals surface area contributed by atoms with E-state index in [1.165, 1.54) is 5.56 Å². The Hall–Kier alpha value is -1.04. The van der Waals surface area contributed by atoms with Gasteiger partial charge in [0.1, 0.15) is 0 Å². The predicted octanol–water partition coefficient (Wildman–Crippen LogP) is 2.72. The van der Waals surface area contributed by atoms with Crippen LogP contribution in [0.4, 0.5) is 0 Å². The molecule has 0 radical (unpaired) electrons. The van der Waals surface area contributed by atoms with Gasteiger partial charge in [-0.15, -0.1) is 0 Å². The molecule has 0 atom stereocenters. The molecular weight excluding hydrogens is 108 g/mol. The summed E-state index contributed by atoms with van der Waals surface area (Å²) >= 11 is 0. The fourth-order valence-electron chi connectivity index (χ4n) is 0.757. The van der Waals surface area contributed by atoms with Crippen LogP contribution in [0.25, 0.3) is 6.08 Å². The summed E-state index contributed by atoms with van der Waals surface area (Å²) in [5, 5.41) is 0. The van der Waals surface area contributed by atoms with Crippen molar-refractivity contribution in [2.45, 2.75) is 6.92 Å². The van der Waals surface area contributed by atoms with Gasteiger partial charge in [-0.2, -0.15) is 0 Å². The van der Waals surface area contributed by atoms with Gasteiger partial charge >= 0.3 is 0 Å². The van der Waals surface area contributed by atoms with E-state index in [9.17, 15) is 0 Å². The van der Waals surface area contributed by atoms with Gasteiger partial charge in [-0.3, -0.25) is 0 Å². The molecular formula is C9H10. The molecule has 0 aromatic heterocycles. The molecule has 1 rings (SSSR count). The Balaban J connectivity index is 2.85. The lowest BCUT2D eigenvalue weighted by atomic mass is 10.2. The number of rotatable bonds is 1. The number of benzene rings is 1. The van der Waals surface area contributed by atoms with Crippen molar-refractivity contribution in [2.24, 2.45) is 0 Å². The molecule has 0 aliphatic heterocycles. The summed E-state index contributed by atoms with van der Waals surface area (Å²) in [6, 6.07) is 10.3. The molecule has 0 aliphatic carbocycles. The summed E-state index contributed by atoms with van der Waals surface area (Å²) in [4.78, 5) is 0. The lowest BCUT2D eigenvalue weighted by Crippen LogP contribution is -1.65. The van der Waals surface area contributed by atoms with Crippen LogP contribution < -0.4 is 0 Å². The van der Waals surface area contributed by atoms with Crippen molar-refractivity contribution in [3.8, 4) is 0 Å². The average Bonchev–Trinajstić information content (AvgIpc) is 1.91. The van der Waals surface area contributed by atoms with Gasteiger partial charge in [0.25, 0.3) is 0 Å². The highest BCUT2D eigenvalue weighted by atomic mass is 13.8. The Bertz CT molecular complexity index is 184. The van der Waals surface area contributed by atoms with Crippen LogP contribution in [0.1, 0.15) is 12.5 Å². The third-order valence-corrected chi connectivity index (χ3v) is 1.16. The van der Waals surface area contributed by atoms with Crippen molar-refractivity contribution in [1.29, 1.82) is 0 Å². The zero-order chi connectivity index (χ0) is 6.53. The maximum Gasteiger partial charge on any atom is -0.0260 e. The lowest BCUT2D eigenvalue weighted by Gasteiger charge is -1.86. The summed E-state index contributed by atoms with van der Waals surface area (Å²) in [6.07, 6.45) is 4.12. The third-order valence-electron chi connectivity index (χ3n) is 1.16. The molecule has 0 unspecified atom stereocenters. The maximum atomic E-state index is 2.08. The molecule has 1 aromatic carbocycles. The molecule has 0 heteroatoms. The average molecular weight is 118 g/mol. The van der Waals surface area contributed by atoms with E-state index in [-0.39, 0.29) is 0 Å². The van der Waals surface area contributed by atoms with Gasteiger partial charge in [0.2, 0.25) is 0 Å². The summed E-state index contributed by atoms with van der Waals surface area (Å²) in [6.45, 7) is 2.02. The van der Waals surface area contributed by atoms with Crippen LogP contribution in [0.15, 0.2) is 36.4 Å². The molecule has 0 heterocycles. The highest BCUT2D eigenvalue weighted by Gasteiger charge is 1.77. The molecule has 0 saturated heterocycles. The minimum atomic E-state index is 1.26. The van der Waals surface area contributed by atoms with Crippen LogP contribution in [-0.2, 0) is 0 Å². The van der Waals surface area contributed by atoms with Gasteiger partial charge in [0, 0.05) is 0 Å². The molecule has 1 aromatic rings. The quantitative estimate of drug-likeness (QED) is 0.532. The molecule has 9 heavy (non-hydrogen) atoms. The second-order valence-corrected chi connectivity index (χ2v) is 1.91. The molecule has 0 saturated carbocycles. The highest BCUT2D eigenvalue weighted by Crippen LogP contribution is 1.99. The molecule has 0 N–H and O–H groups in total. The first-order chi connectivity index (χ1) is 4.43. The van der Waals surface area contributed by atoms with E-state index in [1.807, 2.05) is 31.2 Å². The largest absolute Gasteiger partial charge is 0.0871 e. The number of hydrogen-bond donors (Lipinski definition) is 0. The van der Waals surface area contributed by atoms with Crippen LogP contribution >= 0.6 is 0 Å². The topological polar surface area (TPSA) is 0 Å². The zero-order valence-corrected chi connectivity index (χ0v) is 5.54. The predicted molar refractivity (Wildman–Crippen MR) is 41.2 cm³/mol. The molecule has 0 amide bonds. The first kappa shape index (κ1) is 6.09. The fourth-order valence-corrected chi connectivity index (χ4v) is 0.757. The van der Waals surface area contributed by atoms with E-state index in [4.69, 9.17) is 0 Å². The van der Waals surface area contributed by atoms with Crippen molar-refractivity contribution >= 4 is 6.08 Å². The Kier molecular flexibility index (Phi) is 2.08. The Labute approximate surface area is 55.8 Å². The monoisotopic (exact) mass is 118 g/mol. The van der Waals surface area contributed by atoms with Crippen LogP contribution in [0, 0.1) is 0 Å². The van der Waals surface area contributed by atoms with Gasteiger partial charge in [-0.25, -0.2) is 0 Å². The molecule has 0 spiro atoms. The van der Waals surface area contributed by atoms with E-state index in [1.54, 1.807) is 0 Å². The van der Waals surface area contributed by atoms with E-state index in [0.717, 1.165) is 0 Å². The van der Waals surface area contributed by atoms with Gasteiger partial charge in [0.05, 0.1) is 0 Å². The normalized spacial score (nSPS) is 10.3. The van der Waals surface area contributed by atoms with Crippen LogP contribution in [-0.4, -0.2) is 0 Å². The minimum absolute atomic E-state index is 1.26. The lowest BCUT2D eigenvalue weighted by molar-refractivity contribution is 1.64. The maximum absolute atomic E-state index is 2.08. The van der Waals surface area contributed by atoms with Gasteiger partial charge in [-0.05, 0) is 12.5 Å². The summed E-state index contributed by atoms with van der Waals surface area (Å²) in [5.74, 6) is 0. The highest BCUT2D eigenvalue weighted by molar-refractivity contribution is 5.47. The second-order valence-electron chi connectivity index (χ2n) is 1.91. The van der Waals surface area contributed by atoms with Crippen molar-refractivity contribution < 1.29 is 0 Å². The Morgan fingerprint density at radius 1 is 1.11 bits per heavy atom. The van der Waals surface area contributed by atoms with E-state index in [2.05, 4.69) is 18.2 Å². The molecule has 0 aliphatic rings. The molecule has 0 nitrogen and oxygen atoms in total. The second kappa shape index (κ2) is 3.08. The zero-order valence-electron chi connectivity index (χ0n) is 5.54.